The van der Waals surface area contributed by atoms with E-state index in [4.69, 9.17) is 15.0 Å². The summed E-state index contributed by atoms with van der Waals surface area (Å²) in [4.78, 5) is 4.37. The first-order chi connectivity index (χ1) is 8.25. The van der Waals surface area contributed by atoms with Crippen LogP contribution in [0, 0.1) is 11.3 Å². The molecule has 1 heterocycles. The summed E-state index contributed by atoms with van der Waals surface area (Å²) in [5, 5.41) is 3.99. The molecule has 0 aromatic carbocycles. The van der Waals surface area contributed by atoms with Crippen molar-refractivity contribution < 1.29 is 9.26 Å². The number of hydrogen-bond acceptors (Lipinski definition) is 5. The highest BCUT2D eigenvalue weighted by Crippen LogP contribution is 2.34. The van der Waals surface area contributed by atoms with E-state index in [9.17, 15) is 0 Å². The van der Waals surface area contributed by atoms with Crippen LogP contribution < -0.4 is 5.73 Å². The van der Waals surface area contributed by atoms with Crippen LogP contribution in [-0.4, -0.2) is 17.3 Å². The lowest BCUT2D eigenvalue weighted by molar-refractivity contribution is 0.00718. The van der Waals surface area contributed by atoms with Crippen molar-refractivity contribution in [2.24, 2.45) is 17.1 Å². The summed E-state index contributed by atoms with van der Waals surface area (Å²) >= 11 is 0. The molecule has 0 radical (unpaired) electrons. The molecule has 5 nitrogen and oxygen atoms in total. The smallest absolute Gasteiger partial charge is 0.243 e. The molecule has 1 unspecified atom stereocenters. The average Bonchev–Trinajstić information content (AvgIpc) is 2.64. The van der Waals surface area contributed by atoms with E-state index < -0.39 is 0 Å². The third-order valence-corrected chi connectivity index (χ3v) is 2.76. The van der Waals surface area contributed by atoms with E-state index >= 15 is 0 Å². The lowest BCUT2D eigenvalue weighted by Gasteiger charge is -2.26. The van der Waals surface area contributed by atoms with Crippen molar-refractivity contribution in [1.29, 1.82) is 0 Å². The lowest BCUT2D eigenvalue weighted by atomic mass is 9.88. The minimum Gasteiger partial charge on any atom is -0.373 e. The quantitative estimate of drug-likeness (QED) is 0.875. The van der Waals surface area contributed by atoms with Crippen LogP contribution in [0.5, 0.6) is 0 Å². The molecule has 0 bridgehead atoms. The minimum atomic E-state index is -0.205. The molecule has 0 aliphatic rings. The highest BCUT2D eigenvalue weighted by Gasteiger charge is 2.31. The van der Waals surface area contributed by atoms with Gasteiger partial charge in [-0.1, -0.05) is 39.8 Å². The average molecular weight is 255 g/mol. The predicted molar refractivity (Wildman–Crippen MR) is 69.9 cm³/mol. The van der Waals surface area contributed by atoms with Crippen LogP contribution in [0.25, 0.3) is 0 Å². The van der Waals surface area contributed by atoms with E-state index in [1.54, 1.807) is 7.11 Å². The molecule has 1 rings (SSSR count). The van der Waals surface area contributed by atoms with Crippen molar-refractivity contribution in [2.45, 2.75) is 53.2 Å². The zero-order chi connectivity index (χ0) is 13.9. The predicted octanol–water partition coefficient (Wildman–Crippen LogP) is 2.85. The van der Waals surface area contributed by atoms with Gasteiger partial charge >= 0.3 is 0 Å². The summed E-state index contributed by atoms with van der Waals surface area (Å²) in [6, 6.07) is -0.205. The summed E-state index contributed by atoms with van der Waals surface area (Å²) in [6.07, 6.45) is 0.635. The molecule has 0 aliphatic carbocycles. The third-order valence-electron chi connectivity index (χ3n) is 2.76. The lowest BCUT2D eigenvalue weighted by Crippen LogP contribution is -2.21. The summed E-state index contributed by atoms with van der Waals surface area (Å²) in [6.45, 7) is 10.5. The number of rotatable bonds is 5. The highest BCUT2D eigenvalue weighted by atomic mass is 16.5. The van der Waals surface area contributed by atoms with Gasteiger partial charge in [-0.2, -0.15) is 4.98 Å². The molecule has 0 amide bonds. The number of aromatic nitrogens is 2. The molecular formula is C13H25N3O2. The molecule has 18 heavy (non-hydrogen) atoms. The van der Waals surface area contributed by atoms with E-state index in [1.807, 2.05) is 0 Å². The van der Waals surface area contributed by atoms with Crippen LogP contribution in [0.15, 0.2) is 4.52 Å². The Hall–Kier alpha value is -0.940. The van der Waals surface area contributed by atoms with Gasteiger partial charge < -0.3 is 15.0 Å². The molecule has 104 valence electrons. The first kappa shape index (κ1) is 15.1. The minimum absolute atomic E-state index is 0.0853. The van der Waals surface area contributed by atoms with Gasteiger partial charge in [-0.25, -0.2) is 0 Å². The first-order valence-electron chi connectivity index (χ1n) is 6.37. The summed E-state index contributed by atoms with van der Waals surface area (Å²) in [5.74, 6) is 1.56. The second kappa shape index (κ2) is 5.80. The van der Waals surface area contributed by atoms with Crippen LogP contribution >= 0.6 is 0 Å². The van der Waals surface area contributed by atoms with Crippen molar-refractivity contribution in [3.05, 3.63) is 11.7 Å². The van der Waals surface area contributed by atoms with Gasteiger partial charge in [-0.05, 0) is 17.8 Å². The maximum atomic E-state index is 6.02. The van der Waals surface area contributed by atoms with E-state index in [0.29, 0.717) is 17.6 Å². The standard InChI is InChI=1S/C13H25N3O2/c1-8(2)7-9(14)12-15-11(16-18-12)10(17-6)13(3,4)5/h8-10H,7,14H2,1-6H3/t9-,10?/m0/s1. The van der Waals surface area contributed by atoms with Gasteiger partial charge in [0.15, 0.2) is 0 Å². The summed E-state index contributed by atoms with van der Waals surface area (Å²) in [7, 11) is 1.65. The second-order valence-corrected chi connectivity index (χ2v) is 6.21. The van der Waals surface area contributed by atoms with Crippen LogP contribution in [0.1, 0.15) is 64.9 Å². The molecule has 5 heteroatoms. The van der Waals surface area contributed by atoms with Crippen LogP contribution in [0.4, 0.5) is 0 Å². The van der Waals surface area contributed by atoms with Gasteiger partial charge in [0.25, 0.3) is 0 Å². The van der Waals surface area contributed by atoms with Crippen molar-refractivity contribution in [3.8, 4) is 0 Å². The molecule has 0 aliphatic heterocycles. The number of hydrogen-bond donors (Lipinski definition) is 1. The van der Waals surface area contributed by atoms with Crippen molar-refractivity contribution in [1.82, 2.24) is 10.1 Å². The van der Waals surface area contributed by atoms with Gasteiger partial charge in [0.05, 0.1) is 6.04 Å². The number of methoxy groups -OCH3 is 1. The molecule has 1 aromatic rings. The Kier molecular flexibility index (Phi) is 4.87. The topological polar surface area (TPSA) is 74.2 Å². The third kappa shape index (κ3) is 3.78. The maximum Gasteiger partial charge on any atom is 0.243 e. The fraction of sp³-hybridized carbons (Fsp3) is 0.846. The van der Waals surface area contributed by atoms with Crippen LogP contribution in [-0.2, 0) is 4.74 Å². The largest absolute Gasteiger partial charge is 0.373 e. The molecular weight excluding hydrogens is 230 g/mol. The Labute approximate surface area is 109 Å². The van der Waals surface area contributed by atoms with Gasteiger partial charge in [-0.3, -0.25) is 0 Å². The van der Waals surface area contributed by atoms with Gasteiger partial charge in [0, 0.05) is 7.11 Å². The van der Waals surface area contributed by atoms with Crippen molar-refractivity contribution >= 4 is 0 Å². The fourth-order valence-electron chi connectivity index (χ4n) is 1.96. The molecule has 0 saturated heterocycles. The normalized spacial score (nSPS) is 16.0. The summed E-state index contributed by atoms with van der Waals surface area (Å²) < 4.78 is 10.7. The SMILES string of the molecule is COC(c1noc([C@@H](N)CC(C)C)n1)C(C)(C)C. The Morgan fingerprint density at radius 3 is 2.39 bits per heavy atom. The molecule has 1 aromatic heterocycles. The fourth-order valence-corrected chi connectivity index (χ4v) is 1.96. The van der Waals surface area contributed by atoms with Crippen LogP contribution in [0.2, 0.25) is 0 Å². The van der Waals surface area contributed by atoms with E-state index in [1.165, 1.54) is 0 Å². The Morgan fingerprint density at radius 1 is 1.33 bits per heavy atom. The second-order valence-electron chi connectivity index (χ2n) is 6.21. The highest BCUT2D eigenvalue weighted by molar-refractivity contribution is 4.98. The number of ether oxygens (including phenoxy) is 1. The zero-order valence-electron chi connectivity index (χ0n) is 12.2. The van der Waals surface area contributed by atoms with E-state index in [0.717, 1.165) is 6.42 Å². The van der Waals surface area contributed by atoms with E-state index in [2.05, 4.69) is 44.8 Å². The summed E-state index contributed by atoms with van der Waals surface area (Å²) in [5.41, 5.74) is 5.94. The van der Waals surface area contributed by atoms with Gasteiger partial charge in [-0.15, -0.1) is 0 Å². The first-order valence-corrected chi connectivity index (χ1v) is 6.37. The van der Waals surface area contributed by atoms with Gasteiger partial charge in [0.1, 0.15) is 6.10 Å². The number of nitrogens with zero attached hydrogens (tertiary/aromatic N) is 2. The van der Waals surface area contributed by atoms with Crippen LogP contribution in [0.3, 0.4) is 0 Å². The van der Waals surface area contributed by atoms with Gasteiger partial charge in [0.2, 0.25) is 11.7 Å². The Balaban J connectivity index is 2.85. The molecule has 2 N–H and O–H groups in total. The monoisotopic (exact) mass is 255 g/mol. The van der Waals surface area contributed by atoms with E-state index in [-0.39, 0.29) is 17.6 Å². The van der Waals surface area contributed by atoms with Crippen molar-refractivity contribution in [2.75, 3.05) is 7.11 Å². The van der Waals surface area contributed by atoms with Crippen molar-refractivity contribution in [3.63, 3.8) is 0 Å². The molecule has 0 spiro atoms. The maximum absolute atomic E-state index is 6.02. The zero-order valence-corrected chi connectivity index (χ0v) is 12.2. The molecule has 0 fully saturated rings. The molecule has 2 atom stereocenters. The molecule has 0 saturated carbocycles. The Bertz CT molecular complexity index is 369. The number of nitrogens with two attached hydrogens (primary N) is 1. The Morgan fingerprint density at radius 2 is 1.94 bits per heavy atom.